The van der Waals surface area contributed by atoms with Crippen molar-refractivity contribution in [3.63, 3.8) is 0 Å². The van der Waals surface area contributed by atoms with E-state index in [4.69, 9.17) is 11.6 Å². The zero-order valence-electron chi connectivity index (χ0n) is 12.3. The van der Waals surface area contributed by atoms with Crippen molar-refractivity contribution in [2.24, 2.45) is 4.99 Å². The Morgan fingerprint density at radius 2 is 2.09 bits per heavy atom. The van der Waals surface area contributed by atoms with Gasteiger partial charge in [-0.05, 0) is 24.3 Å². The number of anilines is 1. The number of fused-ring (bicyclic) bond motifs is 3. The molecule has 0 spiro atoms. The van der Waals surface area contributed by atoms with Crippen LogP contribution >= 0.6 is 11.6 Å². The Hall–Kier alpha value is -2.59. The molecule has 0 atom stereocenters. The second kappa shape index (κ2) is 5.56. The molecule has 114 valence electrons. The number of nitrogens with one attached hydrogen (secondary N) is 1. The summed E-state index contributed by atoms with van der Waals surface area (Å²) in [5.41, 5.74) is 2.61. The lowest BCUT2D eigenvalue weighted by atomic mass is 10.1. The lowest BCUT2D eigenvalue weighted by Gasteiger charge is -2.31. The van der Waals surface area contributed by atoms with E-state index < -0.39 is 0 Å². The molecule has 0 aromatic heterocycles. The standard InChI is InChI=1S/C18H14ClN3O/c19-13-5-3-4-12(10-13)16(23)11-17-21-15-7-2-1-6-14(15)18-20-8-9-22(17)18/h1-7,10-11,21H,8-9H2. The number of allylic oxidation sites excluding steroid dienone is 1. The fourth-order valence-electron chi connectivity index (χ4n) is 2.87. The number of rotatable bonds is 2. The van der Waals surface area contributed by atoms with Gasteiger partial charge in [0, 0.05) is 28.8 Å². The van der Waals surface area contributed by atoms with Crippen LogP contribution in [-0.4, -0.2) is 29.6 Å². The van der Waals surface area contributed by atoms with Crippen molar-refractivity contribution in [3.05, 3.63) is 76.6 Å². The van der Waals surface area contributed by atoms with Crippen LogP contribution in [0.2, 0.25) is 5.02 Å². The number of halogens is 1. The number of hydrogen-bond acceptors (Lipinski definition) is 4. The third-order valence-electron chi connectivity index (χ3n) is 3.94. The van der Waals surface area contributed by atoms with Crippen molar-refractivity contribution >= 4 is 28.9 Å². The SMILES string of the molecule is O=C(C=C1Nc2ccccc2C2=NCCN12)c1cccc(Cl)c1. The van der Waals surface area contributed by atoms with Crippen LogP contribution in [-0.2, 0) is 0 Å². The summed E-state index contributed by atoms with van der Waals surface area (Å²) in [7, 11) is 0. The van der Waals surface area contributed by atoms with Crippen molar-refractivity contribution in [3.8, 4) is 0 Å². The summed E-state index contributed by atoms with van der Waals surface area (Å²) < 4.78 is 0. The van der Waals surface area contributed by atoms with Gasteiger partial charge in [0.2, 0.25) is 0 Å². The number of hydrogen-bond donors (Lipinski definition) is 1. The maximum Gasteiger partial charge on any atom is 0.189 e. The topological polar surface area (TPSA) is 44.7 Å². The molecule has 0 bridgehead atoms. The molecule has 4 nitrogen and oxygen atoms in total. The second-order valence-corrected chi connectivity index (χ2v) is 5.87. The van der Waals surface area contributed by atoms with Crippen LogP contribution in [0.1, 0.15) is 15.9 Å². The predicted molar refractivity (Wildman–Crippen MR) is 92.0 cm³/mol. The number of benzene rings is 2. The number of nitrogens with zero attached hydrogens (tertiary/aromatic N) is 2. The van der Waals surface area contributed by atoms with E-state index in [0.29, 0.717) is 10.6 Å². The van der Waals surface area contributed by atoms with Gasteiger partial charge >= 0.3 is 0 Å². The minimum atomic E-state index is -0.0827. The van der Waals surface area contributed by atoms with Crippen molar-refractivity contribution in [2.45, 2.75) is 0 Å². The molecule has 2 aromatic rings. The maximum atomic E-state index is 12.5. The highest BCUT2D eigenvalue weighted by Gasteiger charge is 2.29. The van der Waals surface area contributed by atoms with Crippen LogP contribution in [0.25, 0.3) is 0 Å². The van der Waals surface area contributed by atoms with Crippen LogP contribution in [0.3, 0.4) is 0 Å². The van der Waals surface area contributed by atoms with Gasteiger partial charge in [-0.2, -0.15) is 0 Å². The normalized spacial score (nSPS) is 17.3. The molecule has 1 N–H and O–H groups in total. The summed E-state index contributed by atoms with van der Waals surface area (Å²) in [6.07, 6.45) is 1.61. The first-order valence-electron chi connectivity index (χ1n) is 7.42. The van der Waals surface area contributed by atoms with Crippen LogP contribution in [0.4, 0.5) is 5.69 Å². The van der Waals surface area contributed by atoms with Crippen molar-refractivity contribution < 1.29 is 4.79 Å². The zero-order chi connectivity index (χ0) is 15.8. The number of amidine groups is 1. The van der Waals surface area contributed by atoms with E-state index in [0.717, 1.165) is 36.0 Å². The Morgan fingerprint density at radius 3 is 2.96 bits per heavy atom. The van der Waals surface area contributed by atoms with E-state index in [9.17, 15) is 4.79 Å². The Kier molecular flexibility index (Phi) is 3.39. The second-order valence-electron chi connectivity index (χ2n) is 5.43. The molecule has 5 heteroatoms. The quantitative estimate of drug-likeness (QED) is 0.679. The fourth-order valence-corrected chi connectivity index (χ4v) is 3.06. The highest BCUT2D eigenvalue weighted by Crippen LogP contribution is 2.29. The van der Waals surface area contributed by atoms with Crippen molar-refractivity contribution in [2.75, 3.05) is 18.4 Å². The number of carbonyl (C=O) groups is 1. The van der Waals surface area contributed by atoms with Crippen LogP contribution in [0.5, 0.6) is 0 Å². The molecule has 0 amide bonds. The number of carbonyl (C=O) groups excluding carboxylic acids is 1. The van der Waals surface area contributed by atoms with E-state index in [1.54, 1.807) is 30.3 Å². The molecule has 2 aliphatic rings. The van der Waals surface area contributed by atoms with E-state index in [1.165, 1.54) is 0 Å². The summed E-state index contributed by atoms with van der Waals surface area (Å²) in [6, 6.07) is 15.0. The molecule has 2 aliphatic heterocycles. The first-order valence-corrected chi connectivity index (χ1v) is 7.80. The third kappa shape index (κ3) is 2.51. The first kappa shape index (κ1) is 14.0. The van der Waals surface area contributed by atoms with Crippen LogP contribution < -0.4 is 5.32 Å². The summed E-state index contributed by atoms with van der Waals surface area (Å²) in [5.74, 6) is 1.59. The summed E-state index contributed by atoms with van der Waals surface area (Å²) in [4.78, 5) is 19.1. The van der Waals surface area contributed by atoms with Gasteiger partial charge in [0.25, 0.3) is 0 Å². The molecule has 0 saturated carbocycles. The third-order valence-corrected chi connectivity index (χ3v) is 4.17. The molecule has 2 heterocycles. The Bertz CT molecular complexity index is 857. The molecule has 0 radical (unpaired) electrons. The molecule has 0 unspecified atom stereocenters. The largest absolute Gasteiger partial charge is 0.341 e. The minimum Gasteiger partial charge on any atom is -0.341 e. The molecule has 2 aromatic carbocycles. The van der Waals surface area contributed by atoms with E-state index >= 15 is 0 Å². The molecular formula is C18H14ClN3O. The lowest BCUT2D eigenvalue weighted by molar-refractivity contribution is 0.104. The van der Waals surface area contributed by atoms with Crippen LogP contribution in [0.15, 0.2) is 65.4 Å². The molecule has 0 saturated heterocycles. The van der Waals surface area contributed by atoms with E-state index in [-0.39, 0.29) is 5.78 Å². The summed E-state index contributed by atoms with van der Waals surface area (Å²) in [5, 5.41) is 3.89. The van der Waals surface area contributed by atoms with Gasteiger partial charge in [-0.1, -0.05) is 35.9 Å². The lowest BCUT2D eigenvalue weighted by Crippen LogP contribution is -2.36. The predicted octanol–water partition coefficient (Wildman–Crippen LogP) is 3.55. The van der Waals surface area contributed by atoms with Gasteiger partial charge in [-0.25, -0.2) is 0 Å². The van der Waals surface area contributed by atoms with Crippen molar-refractivity contribution in [1.29, 1.82) is 0 Å². The molecule has 23 heavy (non-hydrogen) atoms. The minimum absolute atomic E-state index is 0.0827. The van der Waals surface area contributed by atoms with E-state index in [1.807, 2.05) is 29.2 Å². The summed E-state index contributed by atoms with van der Waals surface area (Å²) >= 11 is 5.97. The fraction of sp³-hybridized carbons (Fsp3) is 0.111. The highest BCUT2D eigenvalue weighted by atomic mass is 35.5. The monoisotopic (exact) mass is 323 g/mol. The van der Waals surface area contributed by atoms with Crippen molar-refractivity contribution in [1.82, 2.24) is 4.90 Å². The van der Waals surface area contributed by atoms with Gasteiger partial charge in [0.1, 0.15) is 11.7 Å². The van der Waals surface area contributed by atoms with Gasteiger partial charge in [0.05, 0.1) is 12.2 Å². The number of ketones is 1. The van der Waals surface area contributed by atoms with Gasteiger partial charge < -0.3 is 10.2 Å². The summed E-state index contributed by atoms with van der Waals surface area (Å²) in [6.45, 7) is 1.50. The average Bonchev–Trinajstić information content (AvgIpc) is 3.05. The van der Waals surface area contributed by atoms with Gasteiger partial charge in [-0.15, -0.1) is 0 Å². The number of aliphatic imine (C=N–C) groups is 1. The number of para-hydroxylation sites is 1. The van der Waals surface area contributed by atoms with Gasteiger partial charge in [-0.3, -0.25) is 9.79 Å². The zero-order valence-corrected chi connectivity index (χ0v) is 13.0. The molecule has 4 rings (SSSR count). The first-order chi connectivity index (χ1) is 11.2. The van der Waals surface area contributed by atoms with Crippen LogP contribution in [0, 0.1) is 0 Å². The Labute approximate surface area is 139 Å². The maximum absolute atomic E-state index is 12.5. The smallest absolute Gasteiger partial charge is 0.189 e. The van der Waals surface area contributed by atoms with E-state index in [2.05, 4.69) is 10.3 Å². The molecular weight excluding hydrogens is 310 g/mol. The molecule has 0 fully saturated rings. The average molecular weight is 324 g/mol. The Morgan fingerprint density at radius 1 is 1.22 bits per heavy atom. The Balaban J connectivity index is 1.72. The highest BCUT2D eigenvalue weighted by molar-refractivity contribution is 6.31. The molecule has 0 aliphatic carbocycles. The van der Waals surface area contributed by atoms with Gasteiger partial charge in [0.15, 0.2) is 5.78 Å².